The summed E-state index contributed by atoms with van der Waals surface area (Å²) in [5.41, 5.74) is -0.399. The summed E-state index contributed by atoms with van der Waals surface area (Å²) in [6.45, 7) is 0. The van der Waals surface area contributed by atoms with Crippen molar-refractivity contribution in [2.75, 3.05) is 0 Å². The molecular formula is C8H6BrF3O. The topological polar surface area (TPSA) is 20.2 Å². The van der Waals surface area contributed by atoms with Crippen molar-refractivity contribution in [2.45, 2.75) is 12.5 Å². The van der Waals surface area contributed by atoms with Crippen molar-refractivity contribution in [1.82, 2.24) is 0 Å². The quantitative estimate of drug-likeness (QED) is 0.861. The van der Waals surface area contributed by atoms with Crippen LogP contribution >= 0.6 is 15.9 Å². The van der Waals surface area contributed by atoms with E-state index in [-0.39, 0.29) is 0 Å². The average Bonchev–Trinajstić information content (AvgIpc) is 2.08. The second-order valence-electron chi connectivity index (χ2n) is 2.45. The van der Waals surface area contributed by atoms with Gasteiger partial charge in [0.1, 0.15) is 11.9 Å². The summed E-state index contributed by atoms with van der Waals surface area (Å²) in [5, 5.41) is 8.89. The van der Waals surface area contributed by atoms with E-state index in [0.717, 1.165) is 12.1 Å². The molecule has 72 valence electrons. The first-order valence-corrected chi connectivity index (χ1v) is 4.23. The summed E-state index contributed by atoms with van der Waals surface area (Å²) in [5.74, 6) is -0.837. The van der Waals surface area contributed by atoms with E-state index in [1.165, 1.54) is 6.07 Å². The zero-order chi connectivity index (χ0) is 10.0. The summed E-state index contributed by atoms with van der Waals surface area (Å²) in [4.78, 5) is 0. The van der Waals surface area contributed by atoms with Crippen molar-refractivity contribution < 1.29 is 18.3 Å². The number of alkyl halides is 2. The number of hydrogen-bond acceptors (Lipinski definition) is 1. The molecule has 0 bridgehead atoms. The number of aliphatic hydroxyl groups is 1. The molecule has 0 fully saturated rings. The van der Waals surface area contributed by atoms with Crippen LogP contribution in [-0.4, -0.2) is 11.5 Å². The standard InChI is InChI=1S/C8H6BrF3O/c9-4-1-2-6(10)5(3-4)7(13)8(11)12/h1-3,7-8,13H. The lowest BCUT2D eigenvalue weighted by molar-refractivity contribution is -0.00774. The van der Waals surface area contributed by atoms with Crippen LogP contribution in [0, 0.1) is 5.82 Å². The fourth-order valence-corrected chi connectivity index (χ4v) is 1.26. The Morgan fingerprint density at radius 1 is 1.31 bits per heavy atom. The van der Waals surface area contributed by atoms with Crippen molar-refractivity contribution in [3.05, 3.63) is 34.1 Å². The van der Waals surface area contributed by atoms with Gasteiger partial charge in [0, 0.05) is 10.0 Å². The molecule has 0 saturated carbocycles. The van der Waals surface area contributed by atoms with Gasteiger partial charge in [-0.2, -0.15) is 0 Å². The lowest BCUT2D eigenvalue weighted by atomic mass is 10.1. The Labute approximate surface area is 81.3 Å². The smallest absolute Gasteiger partial charge is 0.268 e. The van der Waals surface area contributed by atoms with Gasteiger partial charge in [-0.25, -0.2) is 13.2 Å². The molecule has 1 unspecified atom stereocenters. The average molecular weight is 255 g/mol. The Kier molecular flexibility index (Phi) is 3.33. The molecule has 0 aliphatic rings. The maximum Gasteiger partial charge on any atom is 0.268 e. The van der Waals surface area contributed by atoms with Gasteiger partial charge in [0.15, 0.2) is 0 Å². The molecule has 0 aliphatic carbocycles. The van der Waals surface area contributed by atoms with E-state index in [2.05, 4.69) is 15.9 Å². The number of rotatable bonds is 2. The molecule has 13 heavy (non-hydrogen) atoms. The molecule has 0 spiro atoms. The number of benzene rings is 1. The molecule has 5 heteroatoms. The van der Waals surface area contributed by atoms with E-state index in [4.69, 9.17) is 5.11 Å². The largest absolute Gasteiger partial charge is 0.382 e. The van der Waals surface area contributed by atoms with Crippen LogP contribution in [0.15, 0.2) is 22.7 Å². The highest BCUT2D eigenvalue weighted by Gasteiger charge is 2.22. The van der Waals surface area contributed by atoms with Crippen molar-refractivity contribution in [3.63, 3.8) is 0 Å². The van der Waals surface area contributed by atoms with E-state index in [1.54, 1.807) is 0 Å². The highest BCUT2D eigenvalue weighted by molar-refractivity contribution is 9.10. The normalized spacial score (nSPS) is 13.4. The molecule has 0 aliphatic heterocycles. The van der Waals surface area contributed by atoms with E-state index < -0.39 is 23.9 Å². The third-order valence-electron chi connectivity index (χ3n) is 1.52. The second kappa shape index (κ2) is 4.11. The molecule has 1 atom stereocenters. The van der Waals surface area contributed by atoms with Gasteiger partial charge in [0.2, 0.25) is 0 Å². The van der Waals surface area contributed by atoms with Gasteiger partial charge in [-0.15, -0.1) is 0 Å². The van der Waals surface area contributed by atoms with Crippen molar-refractivity contribution in [2.24, 2.45) is 0 Å². The molecule has 1 rings (SSSR count). The van der Waals surface area contributed by atoms with Crippen molar-refractivity contribution in [1.29, 1.82) is 0 Å². The Balaban J connectivity index is 3.05. The first-order valence-electron chi connectivity index (χ1n) is 3.43. The van der Waals surface area contributed by atoms with Gasteiger partial charge >= 0.3 is 0 Å². The molecule has 0 amide bonds. The Hall–Kier alpha value is -0.550. The van der Waals surface area contributed by atoms with Crippen LogP contribution in [0.2, 0.25) is 0 Å². The zero-order valence-corrected chi connectivity index (χ0v) is 7.93. The molecule has 1 nitrogen and oxygen atoms in total. The summed E-state index contributed by atoms with van der Waals surface area (Å²) < 4.78 is 37.3. The summed E-state index contributed by atoms with van der Waals surface area (Å²) >= 11 is 2.99. The summed E-state index contributed by atoms with van der Waals surface area (Å²) in [7, 11) is 0. The maximum absolute atomic E-state index is 12.9. The molecule has 0 saturated heterocycles. The summed E-state index contributed by atoms with van der Waals surface area (Å²) in [6, 6.07) is 3.52. The Bertz CT molecular complexity index is 303. The van der Waals surface area contributed by atoms with Crippen LogP contribution < -0.4 is 0 Å². The van der Waals surface area contributed by atoms with Gasteiger partial charge in [-0.3, -0.25) is 0 Å². The molecule has 1 N–H and O–H groups in total. The van der Waals surface area contributed by atoms with Crippen molar-refractivity contribution in [3.8, 4) is 0 Å². The van der Waals surface area contributed by atoms with E-state index in [0.29, 0.717) is 4.47 Å². The van der Waals surface area contributed by atoms with Crippen LogP contribution in [-0.2, 0) is 0 Å². The van der Waals surface area contributed by atoms with E-state index in [9.17, 15) is 13.2 Å². The van der Waals surface area contributed by atoms with Crippen LogP contribution in [0.1, 0.15) is 11.7 Å². The Morgan fingerprint density at radius 2 is 1.92 bits per heavy atom. The van der Waals surface area contributed by atoms with Crippen LogP contribution in [0.25, 0.3) is 0 Å². The van der Waals surface area contributed by atoms with Gasteiger partial charge < -0.3 is 5.11 Å². The molecule has 0 radical (unpaired) electrons. The van der Waals surface area contributed by atoms with Crippen LogP contribution in [0.3, 0.4) is 0 Å². The first kappa shape index (κ1) is 10.5. The van der Waals surface area contributed by atoms with Crippen molar-refractivity contribution >= 4 is 15.9 Å². The third kappa shape index (κ3) is 2.45. The fourth-order valence-electron chi connectivity index (χ4n) is 0.877. The maximum atomic E-state index is 12.9. The minimum Gasteiger partial charge on any atom is -0.382 e. The number of aliphatic hydroxyl groups excluding tert-OH is 1. The summed E-state index contributed by atoms with van der Waals surface area (Å²) in [6.07, 6.45) is -5.05. The molecule has 1 aromatic rings. The monoisotopic (exact) mass is 254 g/mol. The lowest BCUT2D eigenvalue weighted by Gasteiger charge is -2.10. The highest BCUT2D eigenvalue weighted by atomic mass is 79.9. The van der Waals surface area contributed by atoms with Gasteiger partial charge in [0.25, 0.3) is 6.43 Å². The first-order chi connectivity index (χ1) is 6.02. The highest BCUT2D eigenvalue weighted by Crippen LogP contribution is 2.25. The minimum absolute atomic E-state index is 0.399. The van der Waals surface area contributed by atoms with Gasteiger partial charge in [-0.05, 0) is 18.2 Å². The fraction of sp³-hybridized carbons (Fsp3) is 0.250. The molecule has 1 aromatic carbocycles. The zero-order valence-electron chi connectivity index (χ0n) is 6.35. The SMILES string of the molecule is OC(c1cc(Br)ccc1F)C(F)F. The minimum atomic E-state index is -2.98. The van der Waals surface area contributed by atoms with Crippen LogP contribution in [0.4, 0.5) is 13.2 Å². The number of hydrogen-bond donors (Lipinski definition) is 1. The van der Waals surface area contributed by atoms with E-state index >= 15 is 0 Å². The predicted molar refractivity (Wildman–Crippen MR) is 45.1 cm³/mol. The number of halogens is 4. The predicted octanol–water partition coefficient (Wildman–Crippen LogP) is 2.89. The van der Waals surface area contributed by atoms with E-state index in [1.807, 2.05) is 0 Å². The third-order valence-corrected chi connectivity index (χ3v) is 2.01. The second-order valence-corrected chi connectivity index (χ2v) is 3.36. The molecular weight excluding hydrogens is 249 g/mol. The Morgan fingerprint density at radius 3 is 2.46 bits per heavy atom. The van der Waals surface area contributed by atoms with Crippen LogP contribution in [0.5, 0.6) is 0 Å². The molecule has 0 aromatic heterocycles. The molecule has 0 heterocycles. The van der Waals surface area contributed by atoms with Gasteiger partial charge in [-0.1, -0.05) is 15.9 Å². The van der Waals surface area contributed by atoms with Gasteiger partial charge in [0.05, 0.1) is 0 Å². The lowest BCUT2D eigenvalue weighted by Crippen LogP contribution is -2.09.